The molecule has 1 amide bonds. The minimum atomic E-state index is -1.06. The van der Waals surface area contributed by atoms with Crippen LogP contribution in [0.4, 0.5) is 0 Å². The van der Waals surface area contributed by atoms with Crippen LogP contribution in [-0.4, -0.2) is 26.5 Å². The Balaban J connectivity index is 2.07. The highest BCUT2D eigenvalue weighted by Crippen LogP contribution is 2.18. The van der Waals surface area contributed by atoms with Gasteiger partial charge in [0.2, 0.25) is 0 Å². The zero-order chi connectivity index (χ0) is 15.6. The van der Waals surface area contributed by atoms with Crippen molar-refractivity contribution in [3.63, 3.8) is 0 Å². The van der Waals surface area contributed by atoms with Crippen LogP contribution < -0.4 is 5.32 Å². The number of halogens is 1. The molecule has 0 aliphatic rings. The van der Waals surface area contributed by atoms with Crippen LogP contribution in [0.3, 0.4) is 0 Å². The Morgan fingerprint density at radius 1 is 1.52 bits per heavy atom. The maximum absolute atomic E-state index is 12.1. The van der Waals surface area contributed by atoms with Gasteiger partial charge in [0.05, 0.1) is 11.6 Å². The van der Waals surface area contributed by atoms with Gasteiger partial charge in [0.25, 0.3) is 5.91 Å². The van der Waals surface area contributed by atoms with E-state index in [0.717, 1.165) is 0 Å². The van der Waals surface area contributed by atoms with Crippen LogP contribution in [0.25, 0.3) is 0 Å². The maximum atomic E-state index is 12.1. The fourth-order valence-corrected chi connectivity index (χ4v) is 2.98. The van der Waals surface area contributed by atoms with Crippen molar-refractivity contribution >= 4 is 34.8 Å². The Bertz CT molecular complexity index is 693. The number of hydrogen-bond acceptors (Lipinski definition) is 4. The standard InChI is InChI=1S/C13H14ClN3O3S/c1-3-17-6-8(14)4-9(17)12(18)15-5-10-16-11(13(19)20)7(2)21-10/h4,6H,3,5H2,1-2H3,(H,15,18)(H,19,20). The topological polar surface area (TPSA) is 84.2 Å². The van der Waals surface area contributed by atoms with Crippen molar-refractivity contribution in [2.45, 2.75) is 26.9 Å². The molecule has 0 fully saturated rings. The molecule has 21 heavy (non-hydrogen) atoms. The van der Waals surface area contributed by atoms with Crippen LogP contribution in [0, 0.1) is 6.92 Å². The molecule has 2 rings (SSSR count). The van der Waals surface area contributed by atoms with E-state index < -0.39 is 5.97 Å². The average molecular weight is 328 g/mol. The first kappa shape index (κ1) is 15.5. The summed E-state index contributed by atoms with van der Waals surface area (Å²) >= 11 is 7.14. The number of aryl methyl sites for hydroxylation is 2. The van der Waals surface area contributed by atoms with E-state index in [0.29, 0.717) is 27.1 Å². The fraction of sp³-hybridized carbons (Fsp3) is 0.308. The molecule has 0 bridgehead atoms. The molecule has 0 saturated heterocycles. The molecule has 8 heteroatoms. The van der Waals surface area contributed by atoms with Gasteiger partial charge in [-0.2, -0.15) is 0 Å². The average Bonchev–Trinajstić information content (AvgIpc) is 2.99. The number of aromatic nitrogens is 2. The zero-order valence-electron chi connectivity index (χ0n) is 11.5. The minimum Gasteiger partial charge on any atom is -0.476 e. The van der Waals surface area contributed by atoms with Crippen LogP contribution in [0.2, 0.25) is 5.02 Å². The van der Waals surface area contributed by atoms with Gasteiger partial charge in [-0.15, -0.1) is 11.3 Å². The lowest BCUT2D eigenvalue weighted by Crippen LogP contribution is -2.25. The third-order valence-electron chi connectivity index (χ3n) is 2.88. The number of carboxylic acids is 1. The first-order valence-corrected chi connectivity index (χ1v) is 7.45. The van der Waals surface area contributed by atoms with E-state index in [2.05, 4.69) is 10.3 Å². The number of aromatic carboxylic acids is 1. The molecule has 2 heterocycles. The van der Waals surface area contributed by atoms with E-state index in [1.165, 1.54) is 11.3 Å². The Hall–Kier alpha value is -1.86. The molecule has 0 aliphatic heterocycles. The van der Waals surface area contributed by atoms with E-state index in [4.69, 9.17) is 16.7 Å². The number of carbonyl (C=O) groups excluding carboxylic acids is 1. The van der Waals surface area contributed by atoms with Gasteiger partial charge in [0, 0.05) is 17.6 Å². The Morgan fingerprint density at radius 2 is 2.24 bits per heavy atom. The Morgan fingerprint density at radius 3 is 2.81 bits per heavy atom. The summed E-state index contributed by atoms with van der Waals surface area (Å²) in [5.41, 5.74) is 0.499. The second-order valence-electron chi connectivity index (χ2n) is 4.33. The second kappa shape index (κ2) is 6.28. The first-order valence-electron chi connectivity index (χ1n) is 6.25. The minimum absolute atomic E-state index is 0.0317. The number of nitrogens with zero attached hydrogens (tertiary/aromatic N) is 2. The van der Waals surface area contributed by atoms with Crippen molar-refractivity contribution in [2.24, 2.45) is 0 Å². The second-order valence-corrected chi connectivity index (χ2v) is 6.05. The number of carbonyl (C=O) groups is 2. The zero-order valence-corrected chi connectivity index (χ0v) is 13.1. The van der Waals surface area contributed by atoms with Crippen molar-refractivity contribution in [3.05, 3.63) is 38.6 Å². The summed E-state index contributed by atoms with van der Waals surface area (Å²) in [5, 5.41) is 12.7. The van der Waals surface area contributed by atoms with Gasteiger partial charge < -0.3 is 15.0 Å². The molecule has 6 nitrogen and oxygen atoms in total. The molecule has 112 valence electrons. The fourth-order valence-electron chi connectivity index (χ4n) is 1.90. The van der Waals surface area contributed by atoms with Crippen LogP contribution in [0.1, 0.15) is 37.8 Å². The lowest BCUT2D eigenvalue weighted by Gasteiger charge is -2.06. The van der Waals surface area contributed by atoms with Gasteiger partial charge in [-0.3, -0.25) is 4.79 Å². The molecular formula is C13H14ClN3O3S. The number of rotatable bonds is 5. The normalized spacial score (nSPS) is 10.6. The highest BCUT2D eigenvalue weighted by atomic mass is 35.5. The summed E-state index contributed by atoms with van der Waals surface area (Å²) < 4.78 is 1.74. The number of thiazole rings is 1. The van der Waals surface area contributed by atoms with E-state index in [-0.39, 0.29) is 18.1 Å². The third kappa shape index (κ3) is 3.43. The quantitative estimate of drug-likeness (QED) is 0.884. The molecule has 2 aromatic rings. The predicted octanol–water partition coefficient (Wildman–Crippen LogP) is 2.55. The largest absolute Gasteiger partial charge is 0.476 e. The van der Waals surface area contributed by atoms with E-state index in [1.54, 1.807) is 23.8 Å². The van der Waals surface area contributed by atoms with Gasteiger partial charge in [0.1, 0.15) is 10.7 Å². The highest BCUT2D eigenvalue weighted by Gasteiger charge is 2.16. The smallest absolute Gasteiger partial charge is 0.355 e. The van der Waals surface area contributed by atoms with Gasteiger partial charge >= 0.3 is 5.97 Å². The molecule has 0 aromatic carbocycles. The van der Waals surface area contributed by atoms with Crippen molar-refractivity contribution in [1.29, 1.82) is 0 Å². The van der Waals surface area contributed by atoms with Gasteiger partial charge in [-0.1, -0.05) is 11.6 Å². The number of nitrogens with one attached hydrogen (secondary N) is 1. The molecule has 0 aliphatic carbocycles. The first-order chi connectivity index (χ1) is 9.92. The van der Waals surface area contributed by atoms with Gasteiger partial charge in [0.15, 0.2) is 5.69 Å². The summed E-state index contributed by atoms with van der Waals surface area (Å²) in [7, 11) is 0. The third-order valence-corrected chi connectivity index (χ3v) is 4.06. The number of amides is 1. The molecule has 2 N–H and O–H groups in total. The molecule has 0 radical (unpaired) electrons. The van der Waals surface area contributed by atoms with Crippen molar-refractivity contribution in [2.75, 3.05) is 0 Å². The van der Waals surface area contributed by atoms with Crippen LogP contribution >= 0.6 is 22.9 Å². The number of hydrogen-bond donors (Lipinski definition) is 2. The molecule has 0 saturated carbocycles. The summed E-state index contributed by atoms with van der Waals surface area (Å²) in [5.74, 6) is -1.33. The Kier molecular flexibility index (Phi) is 4.64. The van der Waals surface area contributed by atoms with Crippen LogP contribution in [-0.2, 0) is 13.1 Å². The van der Waals surface area contributed by atoms with Crippen LogP contribution in [0.15, 0.2) is 12.3 Å². The summed E-state index contributed by atoms with van der Waals surface area (Å²) in [4.78, 5) is 27.6. The summed E-state index contributed by atoms with van der Waals surface area (Å²) in [6.07, 6.45) is 1.69. The maximum Gasteiger partial charge on any atom is 0.355 e. The van der Waals surface area contributed by atoms with E-state index in [1.807, 2.05) is 6.92 Å². The van der Waals surface area contributed by atoms with E-state index in [9.17, 15) is 9.59 Å². The monoisotopic (exact) mass is 327 g/mol. The summed E-state index contributed by atoms with van der Waals surface area (Å²) in [6.45, 7) is 4.42. The van der Waals surface area contributed by atoms with E-state index >= 15 is 0 Å². The summed E-state index contributed by atoms with van der Waals surface area (Å²) in [6, 6.07) is 1.59. The van der Waals surface area contributed by atoms with Crippen molar-refractivity contribution in [3.8, 4) is 0 Å². The lowest BCUT2D eigenvalue weighted by atomic mass is 10.4. The van der Waals surface area contributed by atoms with Crippen molar-refractivity contribution < 1.29 is 14.7 Å². The van der Waals surface area contributed by atoms with Crippen molar-refractivity contribution in [1.82, 2.24) is 14.9 Å². The van der Waals surface area contributed by atoms with Crippen LogP contribution in [0.5, 0.6) is 0 Å². The molecule has 0 atom stereocenters. The van der Waals surface area contributed by atoms with Gasteiger partial charge in [-0.25, -0.2) is 9.78 Å². The predicted molar refractivity (Wildman–Crippen MR) is 80.1 cm³/mol. The Labute approximate surface area is 130 Å². The lowest BCUT2D eigenvalue weighted by molar-refractivity contribution is 0.0690. The molecule has 2 aromatic heterocycles. The molecule has 0 unspecified atom stereocenters. The molecule has 0 spiro atoms. The SMILES string of the molecule is CCn1cc(Cl)cc1C(=O)NCc1nc(C(=O)O)c(C)s1. The highest BCUT2D eigenvalue weighted by molar-refractivity contribution is 7.11. The molecular weight excluding hydrogens is 314 g/mol. The van der Waals surface area contributed by atoms with Gasteiger partial charge in [-0.05, 0) is 19.9 Å². The number of carboxylic acid groups (broad SMARTS) is 1.